The van der Waals surface area contributed by atoms with Crippen molar-refractivity contribution in [2.75, 3.05) is 4.90 Å². The van der Waals surface area contributed by atoms with Crippen molar-refractivity contribution < 1.29 is 0 Å². The van der Waals surface area contributed by atoms with Crippen molar-refractivity contribution in [3.8, 4) is 50.2 Å². The van der Waals surface area contributed by atoms with Crippen LogP contribution in [-0.4, -0.2) is 4.57 Å². The zero-order valence-electron chi connectivity index (χ0n) is 72.9. The fourth-order valence-corrected chi connectivity index (χ4v) is 20.5. The maximum Gasteiger partial charge on any atom is 0.0541 e. The van der Waals surface area contributed by atoms with Crippen LogP contribution in [-0.2, 0) is 17.3 Å². The Labute approximate surface area is 695 Å². The van der Waals surface area contributed by atoms with Gasteiger partial charge in [-0.2, -0.15) is 0 Å². The smallest absolute Gasteiger partial charge is 0.0541 e. The zero-order chi connectivity index (χ0) is 79.0. The number of benzene rings is 9. The van der Waals surface area contributed by atoms with Crippen LogP contribution >= 0.6 is 0 Å². The Bertz CT molecular complexity index is 4410. The number of nitrogens with zero attached hydrogens (tertiary/aromatic N) is 2. The van der Waals surface area contributed by atoms with Crippen molar-refractivity contribution in [2.24, 2.45) is 0 Å². The maximum absolute atomic E-state index is 2.89. The fourth-order valence-electron chi connectivity index (χ4n) is 20.5. The number of unbranched alkanes of at least 4 members (excludes halogenated alkanes) is 39. The molecular formula is C112H150N2. The van der Waals surface area contributed by atoms with Gasteiger partial charge in [-0.15, -0.1) is 0 Å². The molecule has 1 heterocycles. The second-order valence-electron chi connectivity index (χ2n) is 36.0. The van der Waals surface area contributed by atoms with Gasteiger partial charge < -0.3 is 9.47 Å². The van der Waals surface area contributed by atoms with E-state index in [1.807, 2.05) is 0 Å². The van der Waals surface area contributed by atoms with Crippen LogP contribution in [0.2, 0.25) is 0 Å². The molecule has 0 aliphatic heterocycles. The molecule has 10 aromatic rings. The van der Waals surface area contributed by atoms with E-state index < -0.39 is 0 Å². The van der Waals surface area contributed by atoms with Crippen molar-refractivity contribution in [1.82, 2.24) is 4.57 Å². The van der Waals surface area contributed by atoms with E-state index in [1.165, 1.54) is 392 Å². The summed E-state index contributed by atoms with van der Waals surface area (Å²) in [5.41, 5.74) is 29.3. The second-order valence-corrected chi connectivity index (χ2v) is 36.0. The average molecular weight is 1520 g/mol. The summed E-state index contributed by atoms with van der Waals surface area (Å²) in [5.74, 6) is 0. The van der Waals surface area contributed by atoms with Crippen molar-refractivity contribution in [3.05, 3.63) is 227 Å². The summed E-state index contributed by atoms with van der Waals surface area (Å²) in [6.45, 7) is 16.3. The van der Waals surface area contributed by atoms with Crippen molar-refractivity contribution in [1.29, 1.82) is 0 Å². The van der Waals surface area contributed by atoms with Gasteiger partial charge in [0.25, 0.3) is 0 Å². The van der Waals surface area contributed by atoms with Crippen LogP contribution in [0.1, 0.15) is 382 Å². The molecule has 2 heteroatoms. The van der Waals surface area contributed by atoms with Crippen molar-refractivity contribution in [2.45, 2.75) is 374 Å². The van der Waals surface area contributed by atoms with E-state index in [-0.39, 0.29) is 10.8 Å². The Morgan fingerprint density at radius 2 is 0.570 bits per heavy atom. The summed E-state index contributed by atoms with van der Waals surface area (Å²) in [6, 6.07) is 75.1. The van der Waals surface area contributed by atoms with Gasteiger partial charge >= 0.3 is 0 Å². The second kappa shape index (κ2) is 45.3. The molecule has 0 saturated heterocycles. The molecule has 9 aromatic carbocycles. The molecular weight excluding hydrogens is 1370 g/mol. The highest BCUT2D eigenvalue weighted by Crippen LogP contribution is 2.62. The van der Waals surface area contributed by atoms with Crippen LogP contribution in [0, 0.1) is 13.8 Å². The minimum absolute atomic E-state index is 0.0282. The Kier molecular flexibility index (Phi) is 34.2. The van der Waals surface area contributed by atoms with Crippen molar-refractivity contribution in [3.63, 3.8) is 0 Å². The third-order valence-electron chi connectivity index (χ3n) is 27.2. The first kappa shape index (κ1) is 85.9. The quantitative estimate of drug-likeness (QED) is 0.0345. The molecule has 0 fully saturated rings. The summed E-state index contributed by atoms with van der Waals surface area (Å²) >= 11 is 0. The molecule has 0 amide bonds. The van der Waals surface area contributed by atoms with Gasteiger partial charge in [0.1, 0.15) is 0 Å². The summed E-state index contributed by atoms with van der Waals surface area (Å²) in [4.78, 5) is 2.47. The number of anilines is 3. The topological polar surface area (TPSA) is 8.17 Å². The molecule has 2 aliphatic carbocycles. The van der Waals surface area contributed by atoms with E-state index in [4.69, 9.17) is 0 Å². The fraction of sp³-hybridized carbons (Fsp3) is 0.518. The van der Waals surface area contributed by atoms with E-state index in [9.17, 15) is 0 Å². The van der Waals surface area contributed by atoms with Crippen LogP contribution in [0.5, 0.6) is 0 Å². The van der Waals surface area contributed by atoms with Gasteiger partial charge in [-0.3, -0.25) is 0 Å². The predicted octanol–water partition coefficient (Wildman–Crippen LogP) is 36.1. The van der Waals surface area contributed by atoms with Gasteiger partial charge in [-0.1, -0.05) is 425 Å². The first-order chi connectivity index (χ1) is 56.2. The Morgan fingerprint density at radius 3 is 1.00 bits per heavy atom. The number of fused-ring (bicyclic) bond motifs is 9. The number of hydrogen-bond acceptors (Lipinski definition) is 1. The van der Waals surface area contributed by atoms with Crippen LogP contribution in [0.4, 0.5) is 17.1 Å². The van der Waals surface area contributed by atoms with Crippen LogP contribution in [0.15, 0.2) is 188 Å². The molecule has 2 aliphatic rings. The lowest BCUT2D eigenvalue weighted by Gasteiger charge is -2.35. The minimum Gasteiger partial charge on any atom is -0.311 e. The van der Waals surface area contributed by atoms with Crippen LogP contribution in [0.25, 0.3) is 72.0 Å². The summed E-state index contributed by atoms with van der Waals surface area (Å²) in [5, 5.41) is 2.58. The molecule has 2 nitrogen and oxygen atoms in total. The average Bonchev–Trinajstić information content (AvgIpc) is 1.53. The summed E-state index contributed by atoms with van der Waals surface area (Å²) in [7, 11) is 0. The lowest BCUT2D eigenvalue weighted by atomic mass is 9.68. The number of hydrogen-bond donors (Lipinski definition) is 0. The molecule has 114 heavy (non-hydrogen) atoms. The van der Waals surface area contributed by atoms with Crippen LogP contribution < -0.4 is 4.90 Å². The molecule has 12 rings (SSSR count). The first-order valence-corrected chi connectivity index (χ1v) is 47.9. The van der Waals surface area contributed by atoms with Gasteiger partial charge in [0.15, 0.2) is 0 Å². The highest BCUT2D eigenvalue weighted by atomic mass is 15.1. The van der Waals surface area contributed by atoms with Gasteiger partial charge in [0, 0.05) is 44.4 Å². The SMILES string of the molecule is CCCCCCCCCCCCC1(CCCCCCCCCCCC)c2cc(C)ccc2-c2cc3c(cc21)-c1ccc(-c2ccc(N(c4ccc(C)cc4)c4ccc(-c5ccc6c(c5)c5ccccc5n6-c5ccc(CCCCCC)cc5)cc4)cc2)cc1C3(CCCCCCCCCCCC)CCCCCCCCCCCC. The molecule has 0 radical (unpaired) electrons. The van der Waals surface area contributed by atoms with E-state index in [2.05, 4.69) is 246 Å². The summed E-state index contributed by atoms with van der Waals surface area (Å²) in [6.07, 6.45) is 66.2. The molecule has 1 aromatic heterocycles. The number of aryl methyl sites for hydroxylation is 3. The predicted molar refractivity (Wildman–Crippen MR) is 502 cm³/mol. The Hall–Kier alpha value is -7.42. The molecule has 0 unspecified atom stereocenters. The molecule has 0 spiro atoms. The largest absolute Gasteiger partial charge is 0.311 e. The molecule has 608 valence electrons. The Balaban J connectivity index is 0.881. The zero-order valence-corrected chi connectivity index (χ0v) is 72.9. The molecule has 0 saturated carbocycles. The number of aromatic nitrogens is 1. The normalized spacial score (nSPS) is 13.1. The molecule has 0 atom stereocenters. The Morgan fingerprint density at radius 1 is 0.246 bits per heavy atom. The third-order valence-corrected chi connectivity index (χ3v) is 27.2. The highest BCUT2D eigenvalue weighted by molar-refractivity contribution is 6.10. The van der Waals surface area contributed by atoms with E-state index in [0.29, 0.717) is 0 Å². The van der Waals surface area contributed by atoms with Gasteiger partial charge in [-0.05, 0) is 210 Å². The summed E-state index contributed by atoms with van der Waals surface area (Å²) < 4.78 is 2.46. The monoisotopic (exact) mass is 1520 g/mol. The minimum atomic E-state index is -0.0575. The lowest BCUT2D eigenvalue weighted by Crippen LogP contribution is -2.27. The molecule has 0 bridgehead atoms. The van der Waals surface area contributed by atoms with Gasteiger partial charge in [-0.25, -0.2) is 0 Å². The van der Waals surface area contributed by atoms with Crippen molar-refractivity contribution >= 4 is 38.9 Å². The standard InChI is InChI=1S/C112H150N2/c1-8-13-18-23-27-31-35-39-43-50-79-111(80-51-44-40-36-32-28-24-19-14-9-2)105-83-89(7)59-76-99(105)102-86-108-103(87-107(102)111)100-77-66-94(85-106(100)112(108,81-52-45-41-37-33-29-25-20-15-10-3)82-53-46-42-38-34-30-26-21-16-11-4)92-64-74-97(75-65-92)113(95-68-57-88(6)58-69-95)96-72-62-91(63-73-96)93-67-78-110-104(84-93)101-55-48-49-56-109(101)114(110)98-70-60-90(61-71-98)54-47-22-17-12-5/h48-49,55-78,83-87H,8-47,50-54,79-82H2,1-7H3. The third kappa shape index (κ3) is 22.2. The van der Waals surface area contributed by atoms with Gasteiger partial charge in [0.2, 0.25) is 0 Å². The van der Waals surface area contributed by atoms with Crippen LogP contribution in [0.3, 0.4) is 0 Å². The molecule has 0 N–H and O–H groups in total. The highest BCUT2D eigenvalue weighted by Gasteiger charge is 2.48. The van der Waals surface area contributed by atoms with E-state index >= 15 is 0 Å². The maximum atomic E-state index is 2.89. The number of rotatable bonds is 55. The van der Waals surface area contributed by atoms with Gasteiger partial charge in [0.05, 0.1) is 11.0 Å². The first-order valence-electron chi connectivity index (χ1n) is 47.9. The van der Waals surface area contributed by atoms with E-state index in [1.54, 1.807) is 38.9 Å². The lowest BCUT2D eigenvalue weighted by molar-refractivity contribution is 0.393. The van der Waals surface area contributed by atoms with E-state index in [0.717, 1.165) is 12.1 Å². The number of para-hydroxylation sites is 1.